The fraction of sp³-hybridized carbons (Fsp3) is 0.556. The maximum atomic E-state index is 5.52. The van der Waals surface area contributed by atoms with E-state index in [0.29, 0.717) is 5.92 Å². The second-order valence-corrected chi connectivity index (χ2v) is 3.25. The predicted octanol–water partition coefficient (Wildman–Crippen LogP) is 0.855. The Morgan fingerprint density at radius 2 is 2.50 bits per heavy atom. The number of hydrogen-bond acceptors (Lipinski definition) is 3. The monoisotopic (exact) mass is 163 g/mol. The fourth-order valence-electron chi connectivity index (χ4n) is 1.88. The summed E-state index contributed by atoms with van der Waals surface area (Å²) in [7, 11) is 0. The number of rotatable bonds is 2. The van der Waals surface area contributed by atoms with Gasteiger partial charge in [-0.05, 0) is 31.4 Å². The maximum Gasteiger partial charge on any atom is 0.115 e. The summed E-state index contributed by atoms with van der Waals surface area (Å²) in [5.74, 6) is 0.591. The molecule has 0 fully saturated rings. The smallest absolute Gasteiger partial charge is 0.115 e. The van der Waals surface area contributed by atoms with Crippen LogP contribution in [0.2, 0.25) is 0 Å². The minimum atomic E-state index is 0.591. The molecule has 0 aromatic carbocycles. The molecular weight excluding hydrogens is 150 g/mol. The Morgan fingerprint density at radius 1 is 1.58 bits per heavy atom. The van der Waals surface area contributed by atoms with Gasteiger partial charge < -0.3 is 5.73 Å². The van der Waals surface area contributed by atoms with E-state index in [4.69, 9.17) is 5.73 Å². The molecule has 0 saturated carbocycles. The first kappa shape index (κ1) is 7.68. The molecule has 0 spiro atoms. The fourth-order valence-corrected chi connectivity index (χ4v) is 1.88. The van der Waals surface area contributed by atoms with E-state index in [-0.39, 0.29) is 0 Å². The SMILES string of the molecule is NCCC1CCc2cncnc21. The van der Waals surface area contributed by atoms with Crippen LogP contribution in [0, 0.1) is 0 Å². The molecule has 2 rings (SSSR count). The van der Waals surface area contributed by atoms with Gasteiger partial charge in [-0.2, -0.15) is 0 Å². The molecule has 1 aliphatic rings. The highest BCUT2D eigenvalue weighted by atomic mass is 14.8. The minimum absolute atomic E-state index is 0.591. The van der Waals surface area contributed by atoms with Crippen molar-refractivity contribution in [2.45, 2.75) is 25.2 Å². The summed E-state index contributed by atoms with van der Waals surface area (Å²) in [4.78, 5) is 8.30. The molecular formula is C9H13N3. The summed E-state index contributed by atoms with van der Waals surface area (Å²) >= 11 is 0. The van der Waals surface area contributed by atoms with Crippen LogP contribution in [0.5, 0.6) is 0 Å². The van der Waals surface area contributed by atoms with E-state index in [2.05, 4.69) is 9.97 Å². The Kier molecular flexibility index (Phi) is 2.04. The molecule has 1 unspecified atom stereocenters. The van der Waals surface area contributed by atoms with Gasteiger partial charge >= 0.3 is 0 Å². The van der Waals surface area contributed by atoms with E-state index in [1.807, 2.05) is 6.20 Å². The summed E-state index contributed by atoms with van der Waals surface area (Å²) in [5.41, 5.74) is 8.07. The van der Waals surface area contributed by atoms with Crippen molar-refractivity contribution in [2.75, 3.05) is 6.54 Å². The van der Waals surface area contributed by atoms with Crippen LogP contribution < -0.4 is 5.73 Å². The van der Waals surface area contributed by atoms with E-state index in [9.17, 15) is 0 Å². The first-order valence-electron chi connectivity index (χ1n) is 4.40. The van der Waals surface area contributed by atoms with E-state index in [0.717, 1.165) is 19.4 Å². The molecule has 1 atom stereocenters. The normalized spacial score (nSPS) is 20.9. The van der Waals surface area contributed by atoms with Gasteiger partial charge in [-0.25, -0.2) is 9.97 Å². The van der Waals surface area contributed by atoms with Gasteiger partial charge in [-0.1, -0.05) is 0 Å². The number of fused-ring (bicyclic) bond motifs is 1. The quantitative estimate of drug-likeness (QED) is 0.703. The topological polar surface area (TPSA) is 51.8 Å². The van der Waals surface area contributed by atoms with Crippen LogP contribution in [0.1, 0.15) is 30.0 Å². The first-order valence-corrected chi connectivity index (χ1v) is 4.40. The van der Waals surface area contributed by atoms with Crippen molar-refractivity contribution in [3.63, 3.8) is 0 Å². The second kappa shape index (κ2) is 3.19. The molecule has 1 heterocycles. The number of aryl methyl sites for hydroxylation is 1. The molecule has 0 bridgehead atoms. The minimum Gasteiger partial charge on any atom is -0.330 e. The van der Waals surface area contributed by atoms with Crippen molar-refractivity contribution in [2.24, 2.45) is 5.73 Å². The Labute approximate surface area is 72.0 Å². The third-order valence-electron chi connectivity index (χ3n) is 2.49. The van der Waals surface area contributed by atoms with Crippen molar-refractivity contribution in [1.82, 2.24) is 9.97 Å². The van der Waals surface area contributed by atoms with Crippen LogP contribution in [0.4, 0.5) is 0 Å². The zero-order chi connectivity index (χ0) is 8.39. The van der Waals surface area contributed by atoms with E-state index >= 15 is 0 Å². The van der Waals surface area contributed by atoms with Crippen LogP contribution in [0.15, 0.2) is 12.5 Å². The van der Waals surface area contributed by atoms with Gasteiger partial charge in [-0.15, -0.1) is 0 Å². The Morgan fingerprint density at radius 3 is 3.33 bits per heavy atom. The van der Waals surface area contributed by atoms with Crippen LogP contribution in [0.25, 0.3) is 0 Å². The molecule has 3 nitrogen and oxygen atoms in total. The van der Waals surface area contributed by atoms with Crippen LogP contribution >= 0.6 is 0 Å². The Hall–Kier alpha value is -0.960. The van der Waals surface area contributed by atoms with Crippen molar-refractivity contribution in [3.05, 3.63) is 23.8 Å². The van der Waals surface area contributed by atoms with Crippen LogP contribution in [-0.4, -0.2) is 16.5 Å². The molecule has 0 radical (unpaired) electrons. The van der Waals surface area contributed by atoms with Crippen molar-refractivity contribution in [1.29, 1.82) is 0 Å². The summed E-state index contributed by atoms with van der Waals surface area (Å²) < 4.78 is 0. The molecule has 64 valence electrons. The lowest BCUT2D eigenvalue weighted by Gasteiger charge is -2.06. The van der Waals surface area contributed by atoms with Gasteiger partial charge in [0.25, 0.3) is 0 Å². The van der Waals surface area contributed by atoms with Gasteiger partial charge in [0.1, 0.15) is 6.33 Å². The standard InChI is InChI=1S/C9H13N3/c10-4-3-7-1-2-8-5-11-6-12-9(7)8/h5-7H,1-4,10H2. The van der Waals surface area contributed by atoms with Crippen molar-refractivity contribution < 1.29 is 0 Å². The predicted molar refractivity (Wildman–Crippen MR) is 46.8 cm³/mol. The summed E-state index contributed by atoms with van der Waals surface area (Å²) in [6.45, 7) is 0.758. The van der Waals surface area contributed by atoms with E-state index in [1.165, 1.54) is 17.7 Å². The van der Waals surface area contributed by atoms with Crippen molar-refractivity contribution in [3.8, 4) is 0 Å². The zero-order valence-corrected chi connectivity index (χ0v) is 7.03. The summed E-state index contributed by atoms with van der Waals surface area (Å²) in [6, 6.07) is 0. The number of aromatic nitrogens is 2. The van der Waals surface area contributed by atoms with Gasteiger partial charge in [0.2, 0.25) is 0 Å². The van der Waals surface area contributed by atoms with Gasteiger partial charge in [0.15, 0.2) is 0 Å². The van der Waals surface area contributed by atoms with Crippen molar-refractivity contribution >= 4 is 0 Å². The molecule has 1 aromatic rings. The largest absolute Gasteiger partial charge is 0.330 e. The Bertz CT molecular complexity index is 270. The Balaban J connectivity index is 2.24. The average Bonchev–Trinajstić information content (AvgIpc) is 2.50. The molecule has 0 amide bonds. The molecule has 2 N–H and O–H groups in total. The lowest BCUT2D eigenvalue weighted by Crippen LogP contribution is -2.05. The molecule has 12 heavy (non-hydrogen) atoms. The zero-order valence-electron chi connectivity index (χ0n) is 7.03. The van der Waals surface area contributed by atoms with Gasteiger partial charge in [0, 0.05) is 12.1 Å². The molecule has 0 aliphatic heterocycles. The second-order valence-electron chi connectivity index (χ2n) is 3.25. The van der Waals surface area contributed by atoms with Crippen LogP contribution in [-0.2, 0) is 6.42 Å². The van der Waals surface area contributed by atoms with Gasteiger partial charge in [0.05, 0.1) is 5.69 Å². The third kappa shape index (κ3) is 1.20. The first-order chi connectivity index (χ1) is 5.92. The molecule has 1 aliphatic carbocycles. The lowest BCUT2D eigenvalue weighted by atomic mass is 10.0. The van der Waals surface area contributed by atoms with Crippen LogP contribution in [0.3, 0.4) is 0 Å². The lowest BCUT2D eigenvalue weighted by molar-refractivity contribution is 0.615. The maximum absolute atomic E-state index is 5.52. The molecule has 1 aromatic heterocycles. The summed E-state index contributed by atoms with van der Waals surface area (Å²) in [6.07, 6.45) is 6.95. The van der Waals surface area contributed by atoms with E-state index < -0.39 is 0 Å². The number of hydrogen-bond donors (Lipinski definition) is 1. The highest BCUT2D eigenvalue weighted by Crippen LogP contribution is 2.32. The highest BCUT2D eigenvalue weighted by Gasteiger charge is 2.22. The number of nitrogens with zero attached hydrogens (tertiary/aromatic N) is 2. The highest BCUT2D eigenvalue weighted by molar-refractivity contribution is 5.25. The number of nitrogens with two attached hydrogens (primary N) is 1. The average molecular weight is 163 g/mol. The molecule has 0 saturated heterocycles. The van der Waals surface area contributed by atoms with Gasteiger partial charge in [-0.3, -0.25) is 0 Å². The van der Waals surface area contributed by atoms with E-state index in [1.54, 1.807) is 6.33 Å². The summed E-state index contributed by atoms with van der Waals surface area (Å²) in [5, 5.41) is 0. The third-order valence-corrected chi connectivity index (χ3v) is 2.49. The molecule has 3 heteroatoms.